The Balaban J connectivity index is 1.58. The second kappa shape index (κ2) is 12.5. The molecule has 8 heteroatoms. The Labute approximate surface area is 274 Å². The largest absolute Gasteiger partial charge is 0.481 e. The van der Waals surface area contributed by atoms with Crippen LogP contribution in [0.5, 0.6) is 11.5 Å². The summed E-state index contributed by atoms with van der Waals surface area (Å²) in [4.78, 5) is 13.4. The fourth-order valence-electron chi connectivity index (χ4n) is 6.21. The lowest BCUT2D eigenvalue weighted by Gasteiger charge is -2.29. The maximum absolute atomic E-state index is 12.6. The lowest BCUT2D eigenvalue weighted by molar-refractivity contribution is -0.136. The van der Waals surface area contributed by atoms with Gasteiger partial charge in [0.2, 0.25) is 0 Å². The quantitative estimate of drug-likeness (QED) is 0.173. The van der Waals surface area contributed by atoms with Crippen LogP contribution in [0.15, 0.2) is 102 Å². The lowest BCUT2D eigenvalue weighted by Crippen LogP contribution is -2.23. The van der Waals surface area contributed by atoms with Crippen LogP contribution in [0.4, 0.5) is 11.4 Å². The minimum Gasteiger partial charge on any atom is -0.481 e. The van der Waals surface area contributed by atoms with Gasteiger partial charge in [0, 0.05) is 45.9 Å². The Bertz CT molecular complexity index is 2290. The summed E-state index contributed by atoms with van der Waals surface area (Å²) >= 11 is 0. The van der Waals surface area contributed by atoms with E-state index in [0.717, 1.165) is 38.8 Å². The van der Waals surface area contributed by atoms with Crippen molar-refractivity contribution in [3.63, 3.8) is 0 Å². The standard InChI is InChI=1S/C39H35NO6S/c1-24-9-12-29(26(3)19-24)21-28-11-14-31-35(22-28)46-36-23-30(40(18-17-38(41)42)34-16-10-25(2)20-27(34)4)13-15-32(36)39(31)33-7-5-6-8-37(33)47(43,44)45/h5-16,19-23H,17-18H2,1-4H3,(H,41,42)(H,43,44,45)/b28-21+. The van der Waals surface area contributed by atoms with E-state index in [1.165, 1.54) is 11.6 Å². The van der Waals surface area contributed by atoms with Gasteiger partial charge in [0.1, 0.15) is 16.4 Å². The van der Waals surface area contributed by atoms with Crippen molar-refractivity contribution in [2.24, 2.45) is 0 Å². The first kappa shape index (κ1) is 31.8. The molecule has 2 N–H and O–H groups in total. The molecule has 0 spiro atoms. The SMILES string of the molecule is Cc1ccc(/C=c2\ccc3c(c2)Oc2cc(N(CCC(=O)O)c4ccc(C)cc4C)ccc2C=3c2ccccc2S(=O)(=O)O)c(C)c1. The number of ether oxygens (including phenoxy) is 1. The molecule has 6 rings (SSSR count). The smallest absolute Gasteiger partial charge is 0.305 e. The van der Waals surface area contributed by atoms with Crippen molar-refractivity contribution < 1.29 is 27.6 Å². The molecule has 1 aliphatic heterocycles. The molecule has 5 aromatic carbocycles. The first-order chi connectivity index (χ1) is 22.4. The zero-order chi connectivity index (χ0) is 33.5. The third kappa shape index (κ3) is 6.56. The van der Waals surface area contributed by atoms with Gasteiger partial charge < -0.3 is 14.7 Å². The maximum Gasteiger partial charge on any atom is 0.305 e. The molecule has 0 atom stereocenters. The molecule has 0 fully saturated rings. The van der Waals surface area contributed by atoms with Gasteiger partial charge in [-0.05, 0) is 92.1 Å². The maximum atomic E-state index is 12.6. The molecule has 0 saturated heterocycles. The Morgan fingerprint density at radius 2 is 1.51 bits per heavy atom. The van der Waals surface area contributed by atoms with Crippen LogP contribution in [-0.2, 0) is 14.9 Å². The number of hydrogen-bond acceptors (Lipinski definition) is 5. The normalized spacial score (nSPS) is 12.7. The fraction of sp³-hybridized carbons (Fsp3) is 0.154. The molecule has 5 aromatic rings. The number of hydrogen-bond donors (Lipinski definition) is 2. The summed E-state index contributed by atoms with van der Waals surface area (Å²) in [7, 11) is -4.56. The van der Waals surface area contributed by atoms with Crippen LogP contribution < -0.4 is 20.1 Å². The molecule has 0 aromatic heterocycles. The van der Waals surface area contributed by atoms with E-state index in [1.807, 2.05) is 67.3 Å². The Kier molecular flexibility index (Phi) is 8.49. The number of anilines is 2. The summed E-state index contributed by atoms with van der Waals surface area (Å²) in [5.74, 6) is 0.0914. The monoisotopic (exact) mass is 645 g/mol. The van der Waals surface area contributed by atoms with Gasteiger partial charge in [-0.2, -0.15) is 8.42 Å². The van der Waals surface area contributed by atoms with Gasteiger partial charge >= 0.3 is 5.97 Å². The summed E-state index contributed by atoms with van der Waals surface area (Å²) in [6.07, 6.45) is 1.99. The minimum atomic E-state index is -4.56. The Morgan fingerprint density at radius 3 is 2.21 bits per heavy atom. The number of aryl methyl sites for hydroxylation is 4. The third-order valence-corrected chi connectivity index (χ3v) is 9.33. The molecule has 0 bridgehead atoms. The van der Waals surface area contributed by atoms with E-state index < -0.39 is 16.1 Å². The molecular weight excluding hydrogens is 610 g/mol. The summed E-state index contributed by atoms with van der Waals surface area (Å²) in [6, 6.07) is 30.1. The molecular formula is C39H35NO6S. The van der Waals surface area contributed by atoms with Crippen LogP contribution >= 0.6 is 0 Å². The van der Waals surface area contributed by atoms with Crippen LogP contribution in [0, 0.1) is 27.7 Å². The summed E-state index contributed by atoms with van der Waals surface area (Å²) in [5.41, 5.74) is 8.66. The van der Waals surface area contributed by atoms with Crippen LogP contribution in [-0.4, -0.2) is 30.6 Å². The second-order valence-electron chi connectivity index (χ2n) is 12.0. The number of fused-ring (bicyclic) bond motifs is 2. The van der Waals surface area contributed by atoms with Gasteiger partial charge in [0.25, 0.3) is 10.1 Å². The number of rotatable bonds is 8. The van der Waals surface area contributed by atoms with Gasteiger partial charge in [-0.1, -0.05) is 65.7 Å². The van der Waals surface area contributed by atoms with Crippen LogP contribution in [0.3, 0.4) is 0 Å². The van der Waals surface area contributed by atoms with E-state index in [-0.39, 0.29) is 17.9 Å². The zero-order valence-electron chi connectivity index (χ0n) is 26.6. The predicted octanol–water partition coefficient (Wildman–Crippen LogP) is 6.96. The van der Waals surface area contributed by atoms with E-state index in [1.54, 1.807) is 18.2 Å². The van der Waals surface area contributed by atoms with Gasteiger partial charge in [-0.15, -0.1) is 0 Å². The van der Waals surface area contributed by atoms with Crippen molar-refractivity contribution in [3.8, 4) is 11.5 Å². The summed E-state index contributed by atoms with van der Waals surface area (Å²) in [5, 5.41) is 11.1. The molecule has 1 heterocycles. The van der Waals surface area contributed by atoms with E-state index in [2.05, 4.69) is 44.2 Å². The van der Waals surface area contributed by atoms with Crippen LogP contribution in [0.1, 0.15) is 45.4 Å². The average Bonchev–Trinajstić information content (AvgIpc) is 3.01. The number of nitrogens with zero attached hydrogens (tertiary/aromatic N) is 1. The van der Waals surface area contributed by atoms with Crippen molar-refractivity contribution in [2.45, 2.75) is 39.0 Å². The Hall–Kier alpha value is -5.18. The van der Waals surface area contributed by atoms with Crippen molar-refractivity contribution >= 4 is 39.1 Å². The highest BCUT2D eigenvalue weighted by molar-refractivity contribution is 7.86. The van der Waals surface area contributed by atoms with Crippen LogP contribution in [0.25, 0.3) is 11.6 Å². The lowest BCUT2D eigenvalue weighted by atomic mass is 9.92. The number of carboxylic acids is 1. The van der Waals surface area contributed by atoms with Crippen molar-refractivity contribution in [1.29, 1.82) is 0 Å². The zero-order valence-corrected chi connectivity index (χ0v) is 27.4. The second-order valence-corrected chi connectivity index (χ2v) is 13.4. The van der Waals surface area contributed by atoms with Gasteiger partial charge in [-0.3, -0.25) is 9.35 Å². The Morgan fingerprint density at radius 1 is 0.787 bits per heavy atom. The molecule has 0 unspecified atom stereocenters. The fourth-order valence-corrected chi connectivity index (χ4v) is 6.91. The molecule has 47 heavy (non-hydrogen) atoms. The van der Waals surface area contributed by atoms with Gasteiger partial charge in [-0.25, -0.2) is 0 Å². The molecule has 0 aliphatic carbocycles. The third-order valence-electron chi connectivity index (χ3n) is 8.42. The number of benzene rings is 5. The number of aliphatic carboxylic acids is 1. The molecule has 0 radical (unpaired) electrons. The summed E-state index contributed by atoms with van der Waals surface area (Å²) in [6.45, 7) is 8.35. The van der Waals surface area contributed by atoms with Crippen molar-refractivity contribution in [3.05, 3.63) is 146 Å². The number of carboxylic acid groups (broad SMARTS) is 1. The van der Waals surface area contributed by atoms with Crippen molar-refractivity contribution in [2.75, 3.05) is 11.4 Å². The average molecular weight is 646 g/mol. The van der Waals surface area contributed by atoms with Gasteiger partial charge in [0.05, 0.1) is 6.42 Å². The predicted molar refractivity (Wildman–Crippen MR) is 185 cm³/mol. The number of carbonyl (C=O) groups is 1. The minimum absolute atomic E-state index is 0.0785. The molecule has 238 valence electrons. The van der Waals surface area contributed by atoms with E-state index in [9.17, 15) is 22.9 Å². The highest BCUT2D eigenvalue weighted by atomic mass is 32.2. The summed E-state index contributed by atoms with van der Waals surface area (Å²) < 4.78 is 41.9. The van der Waals surface area contributed by atoms with Crippen molar-refractivity contribution in [1.82, 2.24) is 0 Å². The molecule has 0 saturated carbocycles. The first-order valence-corrected chi connectivity index (χ1v) is 16.7. The first-order valence-electron chi connectivity index (χ1n) is 15.3. The molecule has 7 nitrogen and oxygen atoms in total. The molecule has 0 amide bonds. The van der Waals surface area contributed by atoms with Crippen LogP contribution in [0.2, 0.25) is 0 Å². The topological polar surface area (TPSA) is 104 Å². The highest BCUT2D eigenvalue weighted by Crippen LogP contribution is 2.41. The van der Waals surface area contributed by atoms with E-state index >= 15 is 0 Å². The highest BCUT2D eigenvalue weighted by Gasteiger charge is 2.26. The van der Waals surface area contributed by atoms with Gasteiger partial charge in [0.15, 0.2) is 0 Å². The van der Waals surface area contributed by atoms with E-state index in [4.69, 9.17) is 4.74 Å². The molecule has 1 aliphatic rings. The van der Waals surface area contributed by atoms with E-state index in [0.29, 0.717) is 33.4 Å².